The molecule has 1 saturated carbocycles. The Morgan fingerprint density at radius 3 is 2.32 bits per heavy atom. The van der Waals surface area contributed by atoms with Crippen LogP contribution in [0.1, 0.15) is 30.4 Å². The number of sulfonamides is 1. The second kappa shape index (κ2) is 11.1. The average Bonchev–Trinajstić information content (AvgIpc) is 3.44. The number of likely N-dealkylation sites (N-methyl/N-ethyl adjacent to an activating group) is 1. The number of aliphatic hydroxyl groups is 3. The van der Waals surface area contributed by atoms with Crippen LogP contribution in [0.2, 0.25) is 0 Å². The van der Waals surface area contributed by atoms with Gasteiger partial charge >= 0.3 is 0 Å². The van der Waals surface area contributed by atoms with Gasteiger partial charge < -0.3 is 30.6 Å². The van der Waals surface area contributed by atoms with E-state index in [-0.39, 0.29) is 36.3 Å². The summed E-state index contributed by atoms with van der Waals surface area (Å²) in [6.45, 7) is 1.63. The van der Waals surface area contributed by atoms with E-state index in [0.29, 0.717) is 11.3 Å². The van der Waals surface area contributed by atoms with Gasteiger partial charge in [0.2, 0.25) is 15.8 Å². The first-order chi connectivity index (χ1) is 20.5. The zero-order valence-electron chi connectivity index (χ0n) is 25.3. The number of nitrogens with one attached hydrogen (secondary N) is 2. The lowest BCUT2D eigenvalue weighted by Crippen LogP contribution is -2.66. The second-order valence-corrected chi connectivity index (χ2v) is 14.2. The van der Waals surface area contributed by atoms with Crippen LogP contribution < -0.4 is 14.9 Å². The number of phenolic OH excluding ortho intramolecular Hbond substituents is 1. The smallest absolute Gasteiger partial charge is 0.259 e. The molecule has 0 bridgehead atoms. The normalized spacial score (nSPS) is 27.3. The number of carbonyl (C=O) groups is 3. The first-order valence-corrected chi connectivity index (χ1v) is 16.3. The third-order valence-corrected chi connectivity index (χ3v) is 9.71. The number of ketones is 2. The molecule has 14 nitrogen and oxygen atoms in total. The van der Waals surface area contributed by atoms with E-state index in [1.165, 1.54) is 11.0 Å². The van der Waals surface area contributed by atoms with E-state index in [9.17, 15) is 43.2 Å². The minimum absolute atomic E-state index is 0.0284. The molecule has 0 spiro atoms. The lowest BCUT2D eigenvalue weighted by molar-refractivity contribution is -0.153. The van der Waals surface area contributed by atoms with Gasteiger partial charge in [-0.25, -0.2) is 8.42 Å². The molecular formula is C29H39N5O9S. The highest BCUT2D eigenvalue weighted by atomic mass is 32.2. The third kappa shape index (κ3) is 5.01. The van der Waals surface area contributed by atoms with Crippen LogP contribution in [0, 0.1) is 11.8 Å². The molecule has 6 N–H and O–H groups in total. The summed E-state index contributed by atoms with van der Waals surface area (Å²) in [4.78, 5) is 46.5. The van der Waals surface area contributed by atoms with Crippen LogP contribution in [0.4, 0.5) is 11.4 Å². The fourth-order valence-electron chi connectivity index (χ4n) is 7.16. The van der Waals surface area contributed by atoms with Crippen LogP contribution in [-0.4, -0.2) is 122 Å². The maximum absolute atomic E-state index is 14.3. The number of phenols is 1. The summed E-state index contributed by atoms with van der Waals surface area (Å²) < 4.78 is 26.3. The highest BCUT2D eigenvalue weighted by Crippen LogP contribution is 2.54. The maximum Gasteiger partial charge on any atom is 0.259 e. The van der Waals surface area contributed by atoms with Gasteiger partial charge in [0.1, 0.15) is 17.1 Å². The van der Waals surface area contributed by atoms with E-state index >= 15 is 0 Å². The average molecular weight is 634 g/mol. The molecule has 0 radical (unpaired) electrons. The number of hydrogen-bond donors (Lipinski definition) is 6. The minimum atomic E-state index is -3.85. The fourth-order valence-corrected chi connectivity index (χ4v) is 7.72. The molecule has 1 aromatic carbocycles. The monoisotopic (exact) mass is 633 g/mol. The maximum atomic E-state index is 14.3. The number of rotatable bonds is 7. The van der Waals surface area contributed by atoms with Crippen molar-refractivity contribution in [1.82, 2.24) is 15.1 Å². The number of Topliss-reactive ketones (excluding diaryl/α,β-unsaturated/α-hetero) is 2. The van der Waals surface area contributed by atoms with Crippen molar-refractivity contribution in [2.75, 3.05) is 63.8 Å². The van der Waals surface area contributed by atoms with E-state index in [4.69, 9.17) is 0 Å². The predicted molar refractivity (Wildman–Crippen MR) is 162 cm³/mol. The van der Waals surface area contributed by atoms with Gasteiger partial charge in [0.25, 0.3) is 5.91 Å². The predicted octanol–water partition coefficient (Wildman–Crippen LogP) is 0.0857. The molecule has 1 aromatic rings. The molecule has 1 heterocycles. The van der Waals surface area contributed by atoms with E-state index in [0.717, 1.165) is 32.2 Å². The molecule has 4 atom stereocenters. The van der Waals surface area contributed by atoms with Crippen molar-refractivity contribution in [3.8, 4) is 5.75 Å². The first-order valence-electron chi connectivity index (χ1n) is 14.4. The molecule has 2 fully saturated rings. The van der Waals surface area contributed by atoms with E-state index in [1.54, 1.807) is 33.1 Å². The van der Waals surface area contributed by atoms with Gasteiger partial charge in [-0.05, 0) is 70.4 Å². The summed E-state index contributed by atoms with van der Waals surface area (Å²) in [6.07, 6.45) is 2.88. The zero-order chi connectivity index (χ0) is 32.5. The van der Waals surface area contributed by atoms with Crippen LogP contribution in [-0.2, 0) is 30.8 Å². The number of anilines is 2. The Labute approximate surface area is 255 Å². The van der Waals surface area contributed by atoms with Gasteiger partial charge in [0.15, 0.2) is 17.1 Å². The van der Waals surface area contributed by atoms with Gasteiger partial charge in [0, 0.05) is 31.3 Å². The fraction of sp³-hybridized carbons (Fsp3) is 0.552. The van der Waals surface area contributed by atoms with E-state index in [1.807, 2.05) is 4.90 Å². The molecule has 1 amide bonds. The second-order valence-electron chi connectivity index (χ2n) is 12.5. The van der Waals surface area contributed by atoms with Crippen molar-refractivity contribution >= 4 is 44.6 Å². The number of aliphatic hydroxyl groups excluding tert-OH is 2. The van der Waals surface area contributed by atoms with Crippen molar-refractivity contribution in [2.45, 2.75) is 37.3 Å². The quantitative estimate of drug-likeness (QED) is 0.175. The minimum Gasteiger partial charge on any atom is -0.508 e. The standard InChI is InChI=1S/C29H39N5O9S/c1-32(2)18-12-17(31-44(5,42)43)23(35)20-15(18)10-14-11-16-22(33(3)4)25(37)21(28(40)30-13-34-8-6-7-9-34)27(39)29(16,41)26(38)19(14)24(20)36/h12,14,16,22,31,35-36,39,41H,6-11,13H2,1-5H3,(H,30,40)/t14?,16?,22-,29?/m0/s1. The van der Waals surface area contributed by atoms with Crippen LogP contribution >= 0.6 is 0 Å². The largest absolute Gasteiger partial charge is 0.508 e. The molecule has 240 valence electrons. The number of nitrogens with zero attached hydrogens (tertiary/aromatic N) is 3. The Morgan fingerprint density at radius 2 is 1.75 bits per heavy atom. The summed E-state index contributed by atoms with van der Waals surface area (Å²) in [5.74, 6) is -7.04. The van der Waals surface area contributed by atoms with E-state index < -0.39 is 73.8 Å². The number of fused-ring (bicyclic) bond motifs is 3. The first kappa shape index (κ1) is 31.8. The lowest BCUT2D eigenvalue weighted by atomic mass is 9.57. The number of aromatic hydroxyl groups is 1. The number of hydrogen-bond acceptors (Lipinski definition) is 12. The summed E-state index contributed by atoms with van der Waals surface area (Å²) in [6, 6.07) is 0.267. The van der Waals surface area contributed by atoms with Crippen molar-refractivity contribution in [2.24, 2.45) is 11.8 Å². The van der Waals surface area contributed by atoms with Crippen LogP contribution in [0.3, 0.4) is 0 Å². The van der Waals surface area contributed by atoms with Gasteiger partial charge in [-0.1, -0.05) is 0 Å². The molecule has 1 aliphatic heterocycles. The molecule has 5 rings (SSSR count). The summed E-state index contributed by atoms with van der Waals surface area (Å²) in [5.41, 5.74) is -3.26. The number of benzene rings is 1. The summed E-state index contributed by atoms with van der Waals surface area (Å²) in [5, 5.41) is 48.8. The number of carbonyl (C=O) groups excluding carboxylic acids is 3. The van der Waals surface area contributed by atoms with E-state index in [2.05, 4.69) is 10.0 Å². The summed E-state index contributed by atoms with van der Waals surface area (Å²) in [7, 11) is 2.69. The molecule has 44 heavy (non-hydrogen) atoms. The Morgan fingerprint density at radius 1 is 1.11 bits per heavy atom. The molecular weight excluding hydrogens is 594 g/mol. The van der Waals surface area contributed by atoms with Gasteiger partial charge in [-0.15, -0.1) is 0 Å². The Bertz CT molecular complexity index is 1610. The highest BCUT2D eigenvalue weighted by Gasteiger charge is 2.64. The van der Waals surface area contributed by atoms with Crippen molar-refractivity contribution in [3.05, 3.63) is 34.1 Å². The molecule has 1 saturated heterocycles. The SMILES string of the molecule is CN(C)c1cc(NS(C)(=O)=O)c(O)c2c1CC1CC3[C@H](N(C)C)C(=O)C(C(=O)NCN4CCCC4)=C(O)C3(O)C(=O)C1=C2O. The molecule has 4 aliphatic rings. The van der Waals surface area contributed by atoms with Gasteiger partial charge in [-0.2, -0.15) is 0 Å². The zero-order valence-corrected chi connectivity index (χ0v) is 26.2. The Kier molecular flexibility index (Phi) is 7.98. The summed E-state index contributed by atoms with van der Waals surface area (Å²) >= 11 is 0. The number of likely N-dealkylation sites (tertiary alicyclic amines) is 1. The van der Waals surface area contributed by atoms with Crippen molar-refractivity contribution < 1.29 is 43.2 Å². The topological polar surface area (TPSA) is 200 Å². The Balaban J connectivity index is 1.66. The van der Waals surface area contributed by atoms with Gasteiger partial charge in [-0.3, -0.25) is 28.9 Å². The van der Waals surface area contributed by atoms with Crippen LogP contribution in [0.15, 0.2) is 23.0 Å². The third-order valence-electron chi connectivity index (χ3n) is 9.12. The van der Waals surface area contributed by atoms with Crippen molar-refractivity contribution in [3.63, 3.8) is 0 Å². The van der Waals surface area contributed by atoms with Crippen LogP contribution in [0.5, 0.6) is 5.75 Å². The molecule has 3 aliphatic carbocycles. The number of amides is 1. The highest BCUT2D eigenvalue weighted by molar-refractivity contribution is 7.92. The molecule has 3 unspecified atom stereocenters. The molecule has 15 heteroatoms. The van der Waals surface area contributed by atoms with Crippen LogP contribution in [0.25, 0.3) is 5.76 Å². The lowest BCUT2D eigenvalue weighted by Gasteiger charge is -2.50. The Hall–Kier alpha value is -3.66. The molecule has 0 aromatic heterocycles. The van der Waals surface area contributed by atoms with Crippen molar-refractivity contribution in [1.29, 1.82) is 0 Å². The van der Waals surface area contributed by atoms with Gasteiger partial charge in [0.05, 0.1) is 30.2 Å².